The molecule has 0 amide bonds. The molecular weight excluding hydrogens is 372 g/mol. The van der Waals surface area contributed by atoms with Crippen LogP contribution in [-0.2, 0) is 5.60 Å². The lowest BCUT2D eigenvalue weighted by atomic mass is 9.76. The Balaban J connectivity index is 2.57. The molecule has 0 saturated heterocycles. The molecule has 140 valence electrons. The Kier molecular flexibility index (Phi) is 6.86. The van der Waals surface area contributed by atoms with Gasteiger partial charge in [-0.1, -0.05) is 54.4 Å². The first-order valence-electron chi connectivity index (χ1n) is 8.41. The van der Waals surface area contributed by atoms with Crippen LogP contribution in [0.25, 0.3) is 6.08 Å². The monoisotopic (exact) mass is 395 g/mol. The summed E-state index contributed by atoms with van der Waals surface area (Å²) >= 11 is 12.5. The fourth-order valence-corrected chi connectivity index (χ4v) is 3.82. The number of benzene rings is 2. The maximum absolute atomic E-state index is 13.2. The molecule has 26 heavy (non-hydrogen) atoms. The first-order valence-corrected chi connectivity index (χ1v) is 9.17. The van der Waals surface area contributed by atoms with Gasteiger partial charge in [-0.3, -0.25) is 0 Å². The van der Waals surface area contributed by atoms with E-state index in [2.05, 4.69) is 0 Å². The molecule has 0 saturated carbocycles. The minimum absolute atomic E-state index is 0.145. The van der Waals surface area contributed by atoms with Gasteiger partial charge in [0.05, 0.1) is 0 Å². The molecule has 0 bridgehead atoms. The van der Waals surface area contributed by atoms with Gasteiger partial charge in [-0.25, -0.2) is 4.39 Å². The molecule has 2 atom stereocenters. The average Bonchev–Trinajstić information content (AvgIpc) is 2.55. The molecule has 1 N–H and O–H groups in total. The summed E-state index contributed by atoms with van der Waals surface area (Å²) in [6.45, 7) is 4.50. The second kappa shape index (κ2) is 8.53. The summed E-state index contributed by atoms with van der Waals surface area (Å²) in [4.78, 5) is 2.02. The van der Waals surface area contributed by atoms with Crippen LogP contribution in [0.4, 0.5) is 4.39 Å². The molecule has 2 unspecified atom stereocenters. The molecule has 0 radical (unpaired) electrons. The van der Waals surface area contributed by atoms with Gasteiger partial charge in [0.25, 0.3) is 0 Å². The fourth-order valence-electron chi connectivity index (χ4n) is 3.26. The molecule has 2 aromatic rings. The van der Waals surface area contributed by atoms with Crippen molar-refractivity contribution in [2.45, 2.75) is 19.4 Å². The van der Waals surface area contributed by atoms with Crippen molar-refractivity contribution in [3.63, 3.8) is 0 Å². The maximum Gasteiger partial charge on any atom is 0.123 e. The number of rotatable bonds is 6. The van der Waals surface area contributed by atoms with Crippen molar-refractivity contribution in [3.8, 4) is 0 Å². The second-order valence-electron chi connectivity index (χ2n) is 6.93. The molecule has 0 aliphatic rings. The summed E-state index contributed by atoms with van der Waals surface area (Å²) in [6.07, 6.45) is 1.86. The van der Waals surface area contributed by atoms with Crippen LogP contribution in [0.15, 0.2) is 48.0 Å². The van der Waals surface area contributed by atoms with Gasteiger partial charge in [0.15, 0.2) is 0 Å². The van der Waals surface area contributed by atoms with E-state index in [4.69, 9.17) is 23.2 Å². The fraction of sp³-hybridized carbons (Fsp3) is 0.333. The number of hydrogen-bond acceptors (Lipinski definition) is 2. The van der Waals surface area contributed by atoms with Crippen molar-refractivity contribution in [1.29, 1.82) is 0 Å². The van der Waals surface area contributed by atoms with Crippen molar-refractivity contribution in [3.05, 3.63) is 75.0 Å². The van der Waals surface area contributed by atoms with Gasteiger partial charge in [-0.2, -0.15) is 0 Å². The summed E-state index contributed by atoms with van der Waals surface area (Å²) in [5.74, 6) is -0.440. The van der Waals surface area contributed by atoms with Gasteiger partial charge in [-0.15, -0.1) is 0 Å². The van der Waals surface area contributed by atoms with Gasteiger partial charge in [0.2, 0.25) is 0 Å². The number of halogens is 3. The van der Waals surface area contributed by atoms with Gasteiger partial charge >= 0.3 is 0 Å². The van der Waals surface area contributed by atoms with E-state index >= 15 is 0 Å². The van der Waals surface area contributed by atoms with E-state index in [1.165, 1.54) is 12.1 Å². The van der Waals surface area contributed by atoms with Crippen LogP contribution in [0, 0.1) is 11.7 Å². The lowest BCUT2D eigenvalue weighted by Crippen LogP contribution is -2.40. The van der Waals surface area contributed by atoms with E-state index < -0.39 is 5.60 Å². The number of hydrogen-bond donors (Lipinski definition) is 1. The first-order chi connectivity index (χ1) is 12.1. The second-order valence-corrected chi connectivity index (χ2v) is 7.78. The van der Waals surface area contributed by atoms with Gasteiger partial charge in [0, 0.05) is 28.1 Å². The summed E-state index contributed by atoms with van der Waals surface area (Å²) in [5.41, 5.74) is 0.848. The molecule has 0 aliphatic heterocycles. The summed E-state index contributed by atoms with van der Waals surface area (Å²) in [6, 6.07) is 11.3. The third-order valence-electron chi connectivity index (χ3n) is 4.55. The van der Waals surface area contributed by atoms with E-state index in [9.17, 15) is 9.50 Å². The smallest absolute Gasteiger partial charge is 0.123 e. The molecule has 2 rings (SSSR count). The van der Waals surface area contributed by atoms with Crippen LogP contribution in [0.1, 0.15) is 25.0 Å². The quantitative estimate of drug-likeness (QED) is 0.685. The van der Waals surface area contributed by atoms with Crippen molar-refractivity contribution >= 4 is 29.3 Å². The highest BCUT2D eigenvalue weighted by atomic mass is 35.5. The lowest BCUT2D eigenvalue weighted by molar-refractivity contribution is 0.0106. The van der Waals surface area contributed by atoms with Gasteiger partial charge < -0.3 is 10.0 Å². The summed E-state index contributed by atoms with van der Waals surface area (Å²) in [7, 11) is 3.92. The summed E-state index contributed by atoms with van der Waals surface area (Å²) in [5, 5.41) is 12.7. The largest absolute Gasteiger partial charge is 0.380 e. The highest BCUT2D eigenvalue weighted by molar-refractivity contribution is 6.35. The number of nitrogens with zero attached hydrogens (tertiary/aromatic N) is 1. The van der Waals surface area contributed by atoms with E-state index in [0.29, 0.717) is 22.2 Å². The SMILES string of the molecule is C/C(=C/c1ccc(F)cc1)C(O)(c1ccc(Cl)cc1Cl)C(C)CN(C)C. The zero-order valence-corrected chi connectivity index (χ0v) is 16.9. The van der Waals surface area contributed by atoms with Gasteiger partial charge in [-0.05, 0) is 56.4 Å². The molecule has 2 nitrogen and oxygen atoms in total. The van der Waals surface area contributed by atoms with E-state index in [-0.39, 0.29) is 11.7 Å². The van der Waals surface area contributed by atoms with Crippen LogP contribution in [0.2, 0.25) is 10.0 Å². The highest BCUT2D eigenvalue weighted by Gasteiger charge is 2.39. The average molecular weight is 396 g/mol. The third-order valence-corrected chi connectivity index (χ3v) is 5.10. The molecule has 0 fully saturated rings. The van der Waals surface area contributed by atoms with E-state index in [1.54, 1.807) is 30.3 Å². The minimum atomic E-state index is -1.29. The topological polar surface area (TPSA) is 23.5 Å². The Morgan fingerprint density at radius 2 is 1.81 bits per heavy atom. The van der Waals surface area contributed by atoms with E-state index in [0.717, 1.165) is 11.1 Å². The molecule has 0 spiro atoms. The zero-order valence-electron chi connectivity index (χ0n) is 15.4. The van der Waals surface area contributed by atoms with Crippen LogP contribution < -0.4 is 0 Å². The Bertz CT molecular complexity index is 789. The number of aliphatic hydroxyl groups is 1. The predicted octanol–water partition coefficient (Wildman–Crippen LogP) is 5.62. The highest BCUT2D eigenvalue weighted by Crippen LogP contribution is 2.42. The van der Waals surface area contributed by atoms with Crippen LogP contribution in [0.3, 0.4) is 0 Å². The normalized spacial score (nSPS) is 15.8. The Morgan fingerprint density at radius 1 is 1.19 bits per heavy atom. The third kappa shape index (κ3) is 4.66. The van der Waals surface area contributed by atoms with E-state index in [1.807, 2.05) is 38.9 Å². The van der Waals surface area contributed by atoms with Crippen molar-refractivity contribution in [2.24, 2.45) is 5.92 Å². The summed E-state index contributed by atoms with van der Waals surface area (Å²) < 4.78 is 13.2. The Hall–Kier alpha value is -1.39. The maximum atomic E-state index is 13.2. The van der Waals surface area contributed by atoms with Crippen LogP contribution in [-0.4, -0.2) is 30.6 Å². The van der Waals surface area contributed by atoms with Crippen LogP contribution in [0.5, 0.6) is 0 Å². The van der Waals surface area contributed by atoms with Crippen LogP contribution >= 0.6 is 23.2 Å². The van der Waals surface area contributed by atoms with Crippen molar-refractivity contribution in [2.75, 3.05) is 20.6 Å². The molecule has 2 aromatic carbocycles. The molecule has 0 aromatic heterocycles. The molecule has 0 aliphatic carbocycles. The Morgan fingerprint density at radius 3 is 2.35 bits per heavy atom. The molecule has 5 heteroatoms. The standard InChI is InChI=1S/C21H24Cl2FNO/c1-14(11-16-5-8-18(24)9-6-16)21(26,15(2)13-25(3)4)19-10-7-17(22)12-20(19)23/h5-12,15,26H,13H2,1-4H3/b14-11-. The molecular formula is C21H24Cl2FNO. The van der Waals surface area contributed by atoms with Crippen molar-refractivity contribution < 1.29 is 9.50 Å². The predicted molar refractivity (Wildman–Crippen MR) is 108 cm³/mol. The van der Waals surface area contributed by atoms with Crippen molar-refractivity contribution in [1.82, 2.24) is 4.90 Å². The Labute approximate surface area is 164 Å². The first kappa shape index (κ1) is 20.9. The molecule has 0 heterocycles. The zero-order chi connectivity index (χ0) is 19.5. The minimum Gasteiger partial charge on any atom is -0.380 e. The van der Waals surface area contributed by atoms with Gasteiger partial charge in [0.1, 0.15) is 11.4 Å². The lowest BCUT2D eigenvalue weighted by Gasteiger charge is -2.38.